The van der Waals surface area contributed by atoms with E-state index in [2.05, 4.69) is 0 Å². The van der Waals surface area contributed by atoms with E-state index in [0.717, 1.165) is 31.2 Å². The largest absolute Gasteiger partial charge is 0.459 e. The number of rotatable bonds is 4. The lowest BCUT2D eigenvalue weighted by Crippen LogP contribution is -2.43. The minimum atomic E-state index is -0.783. The SMILES string of the molecule is C[C@@H]1OC(=O)[C@@H](N)COC[C@H](Cc2ccc(F)cc2)[C@H]1OC1CCCC1.Cl. The smallest absolute Gasteiger partial charge is 0.325 e. The molecule has 1 aliphatic heterocycles. The quantitative estimate of drug-likeness (QED) is 0.785. The molecule has 0 radical (unpaired) electrons. The number of ether oxygens (including phenoxy) is 3. The van der Waals surface area contributed by atoms with Gasteiger partial charge in [0.1, 0.15) is 18.0 Å². The van der Waals surface area contributed by atoms with Crippen LogP contribution >= 0.6 is 12.4 Å². The fraction of sp³-hybridized carbons (Fsp3) is 0.650. The van der Waals surface area contributed by atoms with Crippen molar-refractivity contribution >= 4 is 18.4 Å². The van der Waals surface area contributed by atoms with Crippen LogP contribution in [0, 0.1) is 11.7 Å². The van der Waals surface area contributed by atoms with E-state index < -0.39 is 18.1 Å². The molecule has 4 atom stereocenters. The fourth-order valence-electron chi connectivity index (χ4n) is 3.80. The lowest BCUT2D eigenvalue weighted by molar-refractivity contribution is -0.163. The molecule has 1 saturated heterocycles. The van der Waals surface area contributed by atoms with E-state index in [1.165, 1.54) is 12.1 Å². The molecule has 5 nitrogen and oxygen atoms in total. The first-order valence-corrected chi connectivity index (χ1v) is 9.46. The lowest BCUT2D eigenvalue weighted by atomic mass is 9.91. The van der Waals surface area contributed by atoms with E-state index in [1.54, 1.807) is 12.1 Å². The topological polar surface area (TPSA) is 70.8 Å². The van der Waals surface area contributed by atoms with Crippen LogP contribution in [0.25, 0.3) is 0 Å². The minimum absolute atomic E-state index is 0. The van der Waals surface area contributed by atoms with Gasteiger partial charge in [0.15, 0.2) is 0 Å². The average Bonchev–Trinajstić information content (AvgIpc) is 3.13. The van der Waals surface area contributed by atoms with E-state index in [9.17, 15) is 9.18 Å². The zero-order valence-electron chi connectivity index (χ0n) is 15.6. The molecule has 1 saturated carbocycles. The molecule has 3 rings (SSSR count). The maximum atomic E-state index is 13.2. The van der Waals surface area contributed by atoms with Crippen LogP contribution in [0.4, 0.5) is 4.39 Å². The van der Waals surface area contributed by atoms with Crippen LogP contribution in [0.1, 0.15) is 38.2 Å². The lowest BCUT2D eigenvalue weighted by Gasteiger charge is -2.33. The van der Waals surface area contributed by atoms with E-state index in [0.29, 0.717) is 13.0 Å². The second-order valence-electron chi connectivity index (χ2n) is 7.38. The Morgan fingerprint density at radius 1 is 1.19 bits per heavy atom. The highest BCUT2D eigenvalue weighted by Crippen LogP contribution is 2.29. The number of carbonyl (C=O) groups excluding carboxylic acids is 1. The molecule has 0 bridgehead atoms. The predicted molar refractivity (Wildman–Crippen MR) is 102 cm³/mol. The number of benzene rings is 1. The summed E-state index contributed by atoms with van der Waals surface area (Å²) < 4.78 is 30.9. The van der Waals surface area contributed by atoms with Crippen LogP contribution in [0.3, 0.4) is 0 Å². The molecule has 2 N–H and O–H groups in total. The molecule has 0 aromatic heterocycles. The van der Waals surface area contributed by atoms with E-state index in [1.807, 2.05) is 6.92 Å². The molecule has 7 heteroatoms. The number of hydrogen-bond acceptors (Lipinski definition) is 5. The first-order valence-electron chi connectivity index (χ1n) is 9.46. The monoisotopic (exact) mass is 401 g/mol. The van der Waals surface area contributed by atoms with Crippen molar-refractivity contribution in [3.05, 3.63) is 35.6 Å². The van der Waals surface area contributed by atoms with Gasteiger partial charge in [0, 0.05) is 5.92 Å². The summed E-state index contributed by atoms with van der Waals surface area (Å²) in [5, 5.41) is 0. The molecule has 0 spiro atoms. The van der Waals surface area contributed by atoms with Gasteiger partial charge in [0.2, 0.25) is 0 Å². The summed E-state index contributed by atoms with van der Waals surface area (Å²) >= 11 is 0. The summed E-state index contributed by atoms with van der Waals surface area (Å²) in [6.45, 7) is 2.40. The van der Waals surface area contributed by atoms with Crippen LogP contribution < -0.4 is 5.73 Å². The van der Waals surface area contributed by atoms with Crippen molar-refractivity contribution in [1.82, 2.24) is 0 Å². The van der Waals surface area contributed by atoms with Crippen molar-refractivity contribution in [1.29, 1.82) is 0 Å². The highest BCUT2D eigenvalue weighted by atomic mass is 35.5. The van der Waals surface area contributed by atoms with Gasteiger partial charge in [-0.1, -0.05) is 25.0 Å². The molecule has 1 heterocycles. The van der Waals surface area contributed by atoms with Crippen LogP contribution in [0.2, 0.25) is 0 Å². The Morgan fingerprint density at radius 3 is 2.52 bits per heavy atom. The molecule has 152 valence electrons. The summed E-state index contributed by atoms with van der Waals surface area (Å²) in [5.41, 5.74) is 6.82. The zero-order chi connectivity index (χ0) is 18.5. The van der Waals surface area contributed by atoms with Gasteiger partial charge in [-0.3, -0.25) is 4.79 Å². The van der Waals surface area contributed by atoms with Gasteiger partial charge in [-0.2, -0.15) is 0 Å². The first kappa shape index (κ1) is 22.1. The number of esters is 1. The molecule has 1 aliphatic carbocycles. The molecule has 27 heavy (non-hydrogen) atoms. The van der Waals surface area contributed by atoms with Crippen LogP contribution in [-0.2, 0) is 25.4 Å². The van der Waals surface area contributed by atoms with Crippen molar-refractivity contribution in [2.24, 2.45) is 11.7 Å². The Balaban J connectivity index is 0.00000261. The van der Waals surface area contributed by atoms with Gasteiger partial charge in [0.25, 0.3) is 0 Å². The molecule has 2 aliphatic rings. The second kappa shape index (κ2) is 10.4. The molecular weight excluding hydrogens is 373 g/mol. The number of hydrogen-bond donors (Lipinski definition) is 1. The highest BCUT2D eigenvalue weighted by molar-refractivity contribution is 5.85. The Morgan fingerprint density at radius 2 is 1.85 bits per heavy atom. The third-order valence-electron chi connectivity index (χ3n) is 5.22. The number of halogens is 2. The number of nitrogens with two attached hydrogens (primary N) is 1. The molecule has 2 fully saturated rings. The van der Waals surface area contributed by atoms with Crippen molar-refractivity contribution in [2.75, 3.05) is 13.2 Å². The Bertz CT molecular complexity index is 594. The number of carbonyl (C=O) groups is 1. The minimum Gasteiger partial charge on any atom is -0.459 e. The normalized spacial score (nSPS) is 30.0. The van der Waals surface area contributed by atoms with Crippen molar-refractivity contribution in [3.8, 4) is 0 Å². The van der Waals surface area contributed by atoms with Crippen LogP contribution in [-0.4, -0.2) is 43.5 Å². The fourth-order valence-corrected chi connectivity index (χ4v) is 3.80. The maximum Gasteiger partial charge on any atom is 0.325 e. The molecular formula is C20H29ClFNO4. The van der Waals surface area contributed by atoms with Gasteiger partial charge >= 0.3 is 5.97 Å². The maximum absolute atomic E-state index is 13.2. The molecule has 0 amide bonds. The summed E-state index contributed by atoms with van der Waals surface area (Å²) in [7, 11) is 0. The van der Waals surface area contributed by atoms with Gasteiger partial charge < -0.3 is 19.9 Å². The summed E-state index contributed by atoms with van der Waals surface area (Å²) in [6.07, 6.45) is 4.53. The van der Waals surface area contributed by atoms with Gasteiger partial charge in [-0.15, -0.1) is 12.4 Å². The Hall–Kier alpha value is -1.21. The van der Waals surface area contributed by atoms with Gasteiger partial charge in [-0.25, -0.2) is 4.39 Å². The molecule has 0 unspecified atom stereocenters. The van der Waals surface area contributed by atoms with Crippen molar-refractivity contribution < 1.29 is 23.4 Å². The van der Waals surface area contributed by atoms with E-state index in [-0.39, 0.29) is 43.0 Å². The summed E-state index contributed by atoms with van der Waals surface area (Å²) in [6, 6.07) is 5.68. The van der Waals surface area contributed by atoms with Crippen LogP contribution in [0.15, 0.2) is 24.3 Å². The highest BCUT2D eigenvalue weighted by Gasteiger charge is 2.36. The first-order chi connectivity index (χ1) is 12.5. The third-order valence-corrected chi connectivity index (χ3v) is 5.22. The molecule has 1 aromatic rings. The van der Waals surface area contributed by atoms with Gasteiger partial charge in [0.05, 0.1) is 25.4 Å². The van der Waals surface area contributed by atoms with Gasteiger partial charge in [-0.05, 0) is 43.9 Å². The average molecular weight is 402 g/mol. The van der Waals surface area contributed by atoms with E-state index in [4.69, 9.17) is 19.9 Å². The third kappa shape index (κ3) is 6.14. The summed E-state index contributed by atoms with van der Waals surface area (Å²) in [4.78, 5) is 12.1. The Labute approximate surface area is 166 Å². The standard InChI is InChI=1S/C20H28FNO4.ClH/c1-13-19(26-17-4-2-3-5-17)15(10-14-6-8-16(21)9-7-14)11-24-12-18(22)20(23)25-13;/h6-9,13,15,17-19H,2-5,10-12,22H2,1H3;1H/t13-,15-,18-,19-;/m0./s1. The summed E-state index contributed by atoms with van der Waals surface area (Å²) in [5.74, 6) is -0.722. The second-order valence-corrected chi connectivity index (χ2v) is 7.38. The number of cyclic esters (lactones) is 1. The van der Waals surface area contributed by atoms with Crippen LogP contribution in [0.5, 0.6) is 0 Å². The Kier molecular flexibility index (Phi) is 8.48. The van der Waals surface area contributed by atoms with Crippen molar-refractivity contribution in [2.45, 2.75) is 63.4 Å². The predicted octanol–water partition coefficient (Wildman–Crippen LogP) is 3.02. The zero-order valence-corrected chi connectivity index (χ0v) is 16.5. The van der Waals surface area contributed by atoms with E-state index >= 15 is 0 Å². The van der Waals surface area contributed by atoms with Crippen molar-refractivity contribution in [3.63, 3.8) is 0 Å². The molecule has 1 aromatic carbocycles.